The van der Waals surface area contributed by atoms with Crippen LogP contribution in [0.1, 0.15) is 18.9 Å². The first-order valence-corrected chi connectivity index (χ1v) is 8.23. The normalized spacial score (nSPS) is 10.8. The number of anilines is 1. The van der Waals surface area contributed by atoms with E-state index in [4.69, 9.17) is 4.74 Å². The van der Waals surface area contributed by atoms with Crippen LogP contribution in [0.25, 0.3) is 0 Å². The number of carbonyl (C=O) groups excluding carboxylic acids is 1. The van der Waals surface area contributed by atoms with Gasteiger partial charge in [-0.2, -0.15) is 0 Å². The fraction of sp³-hybridized carbons (Fsp3) is 0.316. The quantitative estimate of drug-likeness (QED) is 0.719. The Labute approximate surface area is 150 Å². The Morgan fingerprint density at radius 3 is 2.62 bits per heavy atom. The third-order valence-corrected chi connectivity index (χ3v) is 3.76. The minimum absolute atomic E-state index is 0.0104. The monoisotopic (exact) mass is 366 g/mol. The van der Waals surface area contributed by atoms with Gasteiger partial charge in [-0.05, 0) is 42.8 Å². The molecule has 0 spiro atoms. The minimum atomic E-state index is -1.61. The zero-order valence-corrected chi connectivity index (χ0v) is 14.7. The largest absolute Gasteiger partial charge is 0.497 e. The Kier molecular flexibility index (Phi) is 7.03. The highest BCUT2D eigenvalue weighted by molar-refractivity contribution is 5.92. The van der Waals surface area contributed by atoms with Gasteiger partial charge in [0, 0.05) is 6.54 Å². The first kappa shape index (κ1) is 19.8. The van der Waals surface area contributed by atoms with E-state index in [9.17, 15) is 18.0 Å². The maximum atomic E-state index is 13.7. The molecular formula is C19H21F3N2O2. The van der Waals surface area contributed by atoms with E-state index in [1.54, 1.807) is 7.11 Å². The smallest absolute Gasteiger partial charge is 0.238 e. The van der Waals surface area contributed by atoms with Crippen molar-refractivity contribution in [3.63, 3.8) is 0 Å². The third kappa shape index (κ3) is 5.23. The Morgan fingerprint density at radius 2 is 1.92 bits per heavy atom. The van der Waals surface area contributed by atoms with E-state index in [0.29, 0.717) is 18.8 Å². The van der Waals surface area contributed by atoms with Crippen LogP contribution in [0.3, 0.4) is 0 Å². The number of hydrogen-bond donors (Lipinski definition) is 1. The Hall–Kier alpha value is -2.54. The fourth-order valence-corrected chi connectivity index (χ4v) is 2.57. The van der Waals surface area contributed by atoms with Crippen molar-refractivity contribution in [2.45, 2.75) is 19.9 Å². The number of ether oxygens (including phenoxy) is 1. The molecule has 0 bridgehead atoms. The average Bonchev–Trinajstić information content (AvgIpc) is 2.62. The van der Waals surface area contributed by atoms with Gasteiger partial charge in [-0.1, -0.05) is 19.1 Å². The first-order valence-electron chi connectivity index (χ1n) is 8.23. The summed E-state index contributed by atoms with van der Waals surface area (Å²) in [7, 11) is 1.58. The predicted octanol–water partition coefficient (Wildman–Crippen LogP) is 3.96. The van der Waals surface area contributed by atoms with Gasteiger partial charge in [-0.3, -0.25) is 9.69 Å². The lowest BCUT2D eigenvalue weighted by Crippen LogP contribution is -2.33. The molecule has 26 heavy (non-hydrogen) atoms. The lowest BCUT2D eigenvalue weighted by Gasteiger charge is -2.21. The van der Waals surface area contributed by atoms with Crippen molar-refractivity contribution in [2.75, 3.05) is 25.5 Å². The molecule has 0 aliphatic rings. The molecule has 1 amide bonds. The van der Waals surface area contributed by atoms with Gasteiger partial charge in [0.2, 0.25) is 5.91 Å². The van der Waals surface area contributed by atoms with Crippen LogP contribution in [0.5, 0.6) is 5.75 Å². The van der Waals surface area contributed by atoms with Crippen LogP contribution in [-0.4, -0.2) is 31.0 Å². The molecular weight excluding hydrogens is 345 g/mol. The average molecular weight is 366 g/mol. The molecule has 2 rings (SSSR count). The van der Waals surface area contributed by atoms with Crippen LogP contribution in [0, 0.1) is 17.5 Å². The van der Waals surface area contributed by atoms with Gasteiger partial charge in [0.25, 0.3) is 0 Å². The topological polar surface area (TPSA) is 41.6 Å². The van der Waals surface area contributed by atoms with E-state index in [2.05, 4.69) is 5.32 Å². The summed E-state index contributed by atoms with van der Waals surface area (Å²) in [5.74, 6) is -4.11. The summed E-state index contributed by atoms with van der Waals surface area (Å²) >= 11 is 0. The van der Waals surface area contributed by atoms with Crippen molar-refractivity contribution in [3.05, 3.63) is 59.4 Å². The number of rotatable bonds is 8. The third-order valence-electron chi connectivity index (χ3n) is 3.76. The molecule has 0 radical (unpaired) electrons. The number of amides is 1. The second-order valence-corrected chi connectivity index (χ2v) is 5.83. The van der Waals surface area contributed by atoms with Gasteiger partial charge in [0.1, 0.15) is 5.75 Å². The van der Waals surface area contributed by atoms with Crippen LogP contribution >= 0.6 is 0 Å². The van der Waals surface area contributed by atoms with E-state index in [1.807, 2.05) is 36.1 Å². The molecule has 2 aromatic rings. The Morgan fingerprint density at radius 1 is 1.15 bits per heavy atom. The number of carbonyl (C=O) groups is 1. The molecule has 0 aliphatic heterocycles. The molecule has 0 aromatic heterocycles. The molecule has 0 aliphatic carbocycles. The number of nitrogens with zero attached hydrogens (tertiary/aromatic N) is 1. The van der Waals surface area contributed by atoms with Gasteiger partial charge in [-0.15, -0.1) is 0 Å². The van der Waals surface area contributed by atoms with Crippen molar-refractivity contribution >= 4 is 11.6 Å². The number of benzene rings is 2. The summed E-state index contributed by atoms with van der Waals surface area (Å²) in [6.45, 7) is 3.11. The molecule has 0 saturated carbocycles. The highest BCUT2D eigenvalue weighted by Crippen LogP contribution is 2.20. The van der Waals surface area contributed by atoms with Crippen LogP contribution in [0.4, 0.5) is 18.9 Å². The van der Waals surface area contributed by atoms with Crippen molar-refractivity contribution in [3.8, 4) is 5.75 Å². The van der Waals surface area contributed by atoms with Gasteiger partial charge in [0.05, 0.1) is 19.3 Å². The summed E-state index contributed by atoms with van der Waals surface area (Å²) in [6, 6.07) is 9.24. The lowest BCUT2D eigenvalue weighted by atomic mass is 10.2. The van der Waals surface area contributed by atoms with Gasteiger partial charge < -0.3 is 10.1 Å². The Balaban J connectivity index is 2.04. The maximum Gasteiger partial charge on any atom is 0.238 e. The van der Waals surface area contributed by atoms with Crippen molar-refractivity contribution in [1.82, 2.24) is 4.90 Å². The summed E-state index contributed by atoms with van der Waals surface area (Å²) in [4.78, 5) is 14.1. The van der Waals surface area contributed by atoms with E-state index in [0.717, 1.165) is 24.1 Å². The minimum Gasteiger partial charge on any atom is -0.497 e. The van der Waals surface area contributed by atoms with Crippen LogP contribution < -0.4 is 10.1 Å². The Bertz CT molecular complexity index is 768. The molecule has 140 valence electrons. The van der Waals surface area contributed by atoms with Gasteiger partial charge in [0.15, 0.2) is 17.5 Å². The summed E-state index contributed by atoms with van der Waals surface area (Å²) in [5, 5.41) is 2.29. The highest BCUT2D eigenvalue weighted by atomic mass is 19.2. The maximum absolute atomic E-state index is 13.7. The van der Waals surface area contributed by atoms with Crippen molar-refractivity contribution in [2.24, 2.45) is 0 Å². The van der Waals surface area contributed by atoms with Crippen molar-refractivity contribution in [1.29, 1.82) is 0 Å². The number of halogens is 3. The van der Waals surface area contributed by atoms with E-state index in [-0.39, 0.29) is 12.2 Å². The zero-order valence-electron chi connectivity index (χ0n) is 14.7. The zero-order chi connectivity index (χ0) is 19.1. The predicted molar refractivity (Wildman–Crippen MR) is 93.5 cm³/mol. The second kappa shape index (κ2) is 9.24. The molecule has 0 atom stereocenters. The summed E-state index contributed by atoms with van der Waals surface area (Å²) in [6.07, 6.45) is 0.816. The molecule has 0 fully saturated rings. The number of nitrogens with one attached hydrogen (secondary N) is 1. The van der Waals surface area contributed by atoms with E-state index in [1.165, 1.54) is 0 Å². The lowest BCUT2D eigenvalue weighted by molar-refractivity contribution is -0.117. The summed E-state index contributed by atoms with van der Waals surface area (Å²) in [5.41, 5.74) is 0.580. The van der Waals surface area contributed by atoms with Gasteiger partial charge >= 0.3 is 0 Å². The second-order valence-electron chi connectivity index (χ2n) is 5.83. The van der Waals surface area contributed by atoms with Crippen LogP contribution in [-0.2, 0) is 11.3 Å². The van der Waals surface area contributed by atoms with Crippen LogP contribution in [0.15, 0.2) is 36.4 Å². The number of hydrogen-bond acceptors (Lipinski definition) is 3. The molecule has 4 nitrogen and oxygen atoms in total. The van der Waals surface area contributed by atoms with Gasteiger partial charge in [-0.25, -0.2) is 13.2 Å². The molecule has 0 unspecified atom stereocenters. The number of methoxy groups -OCH3 is 1. The van der Waals surface area contributed by atoms with Crippen molar-refractivity contribution < 1.29 is 22.7 Å². The van der Waals surface area contributed by atoms with E-state index >= 15 is 0 Å². The SMILES string of the molecule is CCCN(CC(=O)Nc1ccc(F)c(F)c1F)Cc1cccc(OC)c1. The first-order chi connectivity index (χ1) is 12.4. The fourth-order valence-electron chi connectivity index (χ4n) is 2.57. The highest BCUT2D eigenvalue weighted by Gasteiger charge is 2.17. The molecule has 7 heteroatoms. The van der Waals surface area contributed by atoms with Crippen LogP contribution in [0.2, 0.25) is 0 Å². The molecule has 1 N–H and O–H groups in total. The summed E-state index contributed by atoms with van der Waals surface area (Å²) < 4.78 is 45.1. The molecule has 0 heterocycles. The molecule has 2 aromatic carbocycles. The van der Waals surface area contributed by atoms with E-state index < -0.39 is 23.4 Å². The standard InChI is InChI=1S/C19H21F3N2O2/c1-3-9-24(11-13-5-4-6-14(10-13)26-2)12-17(25)23-16-8-7-15(20)18(21)19(16)22/h4-8,10H,3,9,11-12H2,1-2H3,(H,23,25). The molecule has 0 saturated heterocycles.